The van der Waals surface area contributed by atoms with E-state index in [4.69, 9.17) is 17.3 Å². The molecule has 0 aliphatic heterocycles. The fourth-order valence-electron chi connectivity index (χ4n) is 1.69. The molecule has 21 heavy (non-hydrogen) atoms. The summed E-state index contributed by atoms with van der Waals surface area (Å²) in [4.78, 5) is 21.3. The number of esters is 1. The predicted molar refractivity (Wildman–Crippen MR) is 74.7 cm³/mol. The van der Waals surface area contributed by atoms with Crippen LogP contribution in [0.3, 0.4) is 0 Å². The minimum absolute atomic E-state index is 0.0477. The third kappa shape index (κ3) is 4.28. The lowest BCUT2D eigenvalue weighted by molar-refractivity contribution is -0.384. The topological polar surface area (TPSA) is 136 Å². The number of benzene rings is 1. The highest BCUT2D eigenvalue weighted by Gasteiger charge is 2.27. The Morgan fingerprint density at radius 1 is 1.52 bits per heavy atom. The van der Waals surface area contributed by atoms with Crippen molar-refractivity contribution in [1.82, 2.24) is 0 Å². The molecular weight excluding hydrogens is 304 g/mol. The van der Waals surface area contributed by atoms with Crippen LogP contribution in [0.15, 0.2) is 12.1 Å². The monoisotopic (exact) mass is 318 g/mol. The zero-order valence-corrected chi connectivity index (χ0v) is 11.9. The van der Waals surface area contributed by atoms with Crippen molar-refractivity contribution >= 4 is 28.9 Å². The van der Waals surface area contributed by atoms with Crippen LogP contribution in [-0.2, 0) is 9.53 Å². The highest BCUT2D eigenvalue weighted by Crippen LogP contribution is 2.34. The van der Waals surface area contributed by atoms with Gasteiger partial charge < -0.3 is 20.7 Å². The van der Waals surface area contributed by atoms with Crippen LogP contribution in [0.25, 0.3) is 0 Å². The standard InChI is InChI=1S/C12H15ClN2O6/c1-2-21-11(17)5-10(16)12(18)6-3-9(15(19)20)8(14)4-7(6)13/h3-4,10,12,16,18H,2,5,14H2,1H3. The Hall–Kier alpha value is -1.90. The van der Waals surface area contributed by atoms with Gasteiger partial charge in [0.15, 0.2) is 0 Å². The van der Waals surface area contributed by atoms with Crippen LogP contribution in [0.1, 0.15) is 25.0 Å². The molecule has 4 N–H and O–H groups in total. The lowest BCUT2D eigenvalue weighted by atomic mass is 10.0. The average molecular weight is 319 g/mol. The number of nitro groups is 1. The van der Waals surface area contributed by atoms with Crippen molar-refractivity contribution in [3.05, 3.63) is 32.8 Å². The molecule has 2 unspecified atom stereocenters. The van der Waals surface area contributed by atoms with Crippen LogP contribution < -0.4 is 5.73 Å². The number of nitro benzene ring substituents is 1. The third-order valence-corrected chi connectivity index (χ3v) is 3.03. The quantitative estimate of drug-likeness (QED) is 0.310. The first-order chi connectivity index (χ1) is 9.77. The van der Waals surface area contributed by atoms with Gasteiger partial charge in [0, 0.05) is 16.7 Å². The summed E-state index contributed by atoms with van der Waals surface area (Å²) in [5, 5.41) is 30.5. The number of carbonyl (C=O) groups is 1. The van der Waals surface area contributed by atoms with Crippen LogP contribution in [0.2, 0.25) is 5.02 Å². The fourth-order valence-corrected chi connectivity index (χ4v) is 1.97. The van der Waals surface area contributed by atoms with Crippen LogP contribution in [0.5, 0.6) is 0 Å². The minimum Gasteiger partial charge on any atom is -0.466 e. The van der Waals surface area contributed by atoms with Gasteiger partial charge in [-0.15, -0.1) is 0 Å². The molecule has 0 aromatic heterocycles. The molecule has 0 fully saturated rings. The van der Waals surface area contributed by atoms with Gasteiger partial charge in [-0.25, -0.2) is 0 Å². The van der Waals surface area contributed by atoms with E-state index in [0.29, 0.717) is 0 Å². The van der Waals surface area contributed by atoms with Crippen LogP contribution in [-0.4, -0.2) is 33.8 Å². The SMILES string of the molecule is CCOC(=O)CC(O)C(O)c1cc([N+](=O)[O-])c(N)cc1Cl. The average Bonchev–Trinajstić information content (AvgIpc) is 2.37. The molecule has 1 aromatic rings. The summed E-state index contributed by atoms with van der Waals surface area (Å²) < 4.78 is 4.64. The normalized spacial score (nSPS) is 13.5. The fraction of sp³-hybridized carbons (Fsp3) is 0.417. The smallest absolute Gasteiger partial charge is 0.308 e. The minimum atomic E-state index is -1.58. The maximum atomic E-state index is 11.2. The molecular formula is C12H15ClN2O6. The number of ether oxygens (including phenoxy) is 1. The second-order valence-electron chi connectivity index (χ2n) is 4.21. The molecule has 0 bridgehead atoms. The van der Waals surface area contributed by atoms with Crippen molar-refractivity contribution in [3.63, 3.8) is 0 Å². The molecule has 0 aliphatic carbocycles. The summed E-state index contributed by atoms with van der Waals surface area (Å²) in [7, 11) is 0. The Kier molecular flexibility index (Phi) is 5.89. The molecule has 0 heterocycles. The summed E-state index contributed by atoms with van der Waals surface area (Å²) in [6.07, 6.45) is -3.56. The molecule has 0 spiro atoms. The number of hydrogen-bond acceptors (Lipinski definition) is 7. The molecule has 8 nitrogen and oxygen atoms in total. The lowest BCUT2D eigenvalue weighted by Crippen LogP contribution is -2.23. The number of aliphatic hydroxyl groups is 2. The van der Waals surface area contributed by atoms with E-state index in [1.54, 1.807) is 6.92 Å². The van der Waals surface area contributed by atoms with Crippen molar-refractivity contribution in [1.29, 1.82) is 0 Å². The molecule has 9 heteroatoms. The van der Waals surface area contributed by atoms with Gasteiger partial charge in [0.1, 0.15) is 11.8 Å². The van der Waals surface area contributed by atoms with Gasteiger partial charge in [-0.3, -0.25) is 14.9 Å². The first-order valence-electron chi connectivity index (χ1n) is 6.03. The molecule has 0 saturated carbocycles. The molecule has 0 amide bonds. The predicted octanol–water partition coefficient (Wildman–Crippen LogP) is 1.18. The van der Waals surface area contributed by atoms with Gasteiger partial charge in [0.2, 0.25) is 0 Å². The van der Waals surface area contributed by atoms with Gasteiger partial charge in [-0.1, -0.05) is 11.6 Å². The van der Waals surface area contributed by atoms with E-state index in [0.717, 1.165) is 12.1 Å². The first-order valence-corrected chi connectivity index (χ1v) is 6.40. The number of nitrogen functional groups attached to an aromatic ring is 1. The summed E-state index contributed by atoms with van der Waals surface area (Å²) >= 11 is 5.85. The Balaban J connectivity index is 3.01. The largest absolute Gasteiger partial charge is 0.466 e. The van der Waals surface area contributed by atoms with E-state index in [1.165, 1.54) is 0 Å². The van der Waals surface area contributed by atoms with Gasteiger partial charge in [0.25, 0.3) is 5.69 Å². The highest BCUT2D eigenvalue weighted by molar-refractivity contribution is 6.31. The molecule has 0 saturated heterocycles. The number of nitrogens with two attached hydrogens (primary N) is 1. The first kappa shape index (κ1) is 17.2. The summed E-state index contributed by atoms with van der Waals surface area (Å²) in [5.41, 5.74) is 4.74. The van der Waals surface area contributed by atoms with Gasteiger partial charge in [-0.05, 0) is 13.0 Å². The van der Waals surface area contributed by atoms with Gasteiger partial charge in [0.05, 0.1) is 24.1 Å². The zero-order chi connectivity index (χ0) is 16.2. The van der Waals surface area contributed by atoms with Crippen LogP contribution >= 0.6 is 11.6 Å². The van der Waals surface area contributed by atoms with Crippen molar-refractivity contribution in [3.8, 4) is 0 Å². The van der Waals surface area contributed by atoms with E-state index in [-0.39, 0.29) is 22.9 Å². The summed E-state index contributed by atoms with van der Waals surface area (Å²) in [6.45, 7) is 1.73. The van der Waals surface area contributed by atoms with Crippen molar-refractivity contribution in [2.24, 2.45) is 0 Å². The maximum absolute atomic E-state index is 11.2. The molecule has 2 atom stereocenters. The summed E-state index contributed by atoms with van der Waals surface area (Å²) in [5.74, 6) is -0.704. The zero-order valence-electron chi connectivity index (χ0n) is 11.2. The molecule has 1 rings (SSSR count). The second kappa shape index (κ2) is 7.21. The Morgan fingerprint density at radius 2 is 2.14 bits per heavy atom. The Morgan fingerprint density at radius 3 is 2.67 bits per heavy atom. The van der Waals surface area contributed by atoms with E-state index >= 15 is 0 Å². The number of aliphatic hydroxyl groups excluding tert-OH is 2. The van der Waals surface area contributed by atoms with Crippen molar-refractivity contribution in [2.75, 3.05) is 12.3 Å². The number of hydrogen-bond donors (Lipinski definition) is 3. The lowest BCUT2D eigenvalue weighted by Gasteiger charge is -2.18. The van der Waals surface area contributed by atoms with E-state index in [9.17, 15) is 25.1 Å². The van der Waals surface area contributed by atoms with E-state index in [1.807, 2.05) is 0 Å². The van der Waals surface area contributed by atoms with Crippen molar-refractivity contribution in [2.45, 2.75) is 25.6 Å². The van der Waals surface area contributed by atoms with Crippen LogP contribution in [0.4, 0.5) is 11.4 Å². The molecule has 116 valence electrons. The van der Waals surface area contributed by atoms with Gasteiger partial charge in [-0.2, -0.15) is 0 Å². The number of nitrogens with zero attached hydrogens (tertiary/aromatic N) is 1. The highest BCUT2D eigenvalue weighted by atomic mass is 35.5. The number of halogens is 1. The van der Waals surface area contributed by atoms with Crippen molar-refractivity contribution < 1.29 is 24.7 Å². The molecule has 1 aromatic carbocycles. The van der Waals surface area contributed by atoms with Gasteiger partial charge >= 0.3 is 5.97 Å². The van der Waals surface area contributed by atoms with Crippen LogP contribution in [0, 0.1) is 10.1 Å². The van der Waals surface area contributed by atoms with E-state index < -0.39 is 35.2 Å². The van der Waals surface area contributed by atoms with E-state index in [2.05, 4.69) is 4.74 Å². The number of anilines is 1. The maximum Gasteiger partial charge on any atom is 0.308 e. The Bertz CT molecular complexity index is 551. The molecule has 0 aliphatic rings. The number of rotatable bonds is 6. The second-order valence-corrected chi connectivity index (χ2v) is 4.62. The number of carbonyl (C=O) groups excluding carboxylic acids is 1. The third-order valence-electron chi connectivity index (χ3n) is 2.71. The Labute approximate surface area is 125 Å². The summed E-state index contributed by atoms with van der Waals surface area (Å²) in [6, 6.07) is 2.08. The molecule has 0 radical (unpaired) electrons.